The van der Waals surface area contributed by atoms with Crippen LogP contribution in [0.2, 0.25) is 5.02 Å². The summed E-state index contributed by atoms with van der Waals surface area (Å²) in [5, 5.41) is 19.4. The first-order chi connectivity index (χ1) is 19.3. The first-order valence-corrected chi connectivity index (χ1v) is 15.1. The number of aryl methyl sites for hydroxylation is 1. The number of nitrogens with one attached hydrogen (secondary N) is 2. The Kier molecular flexibility index (Phi) is 10.5. The minimum absolute atomic E-state index is 0.0343. The van der Waals surface area contributed by atoms with E-state index in [2.05, 4.69) is 29.7 Å². The highest BCUT2D eigenvalue weighted by Crippen LogP contribution is 2.46. The molecule has 0 bridgehead atoms. The van der Waals surface area contributed by atoms with Crippen LogP contribution in [0.4, 0.5) is 4.79 Å². The molecule has 1 aliphatic heterocycles. The predicted molar refractivity (Wildman–Crippen MR) is 159 cm³/mol. The highest BCUT2D eigenvalue weighted by Gasteiger charge is 2.44. The summed E-state index contributed by atoms with van der Waals surface area (Å²) in [6.07, 6.45) is 5.79. The summed E-state index contributed by atoms with van der Waals surface area (Å²) in [5.41, 5.74) is 2.53. The van der Waals surface area contributed by atoms with E-state index >= 15 is 0 Å². The number of piperidine rings is 1. The lowest BCUT2D eigenvalue weighted by atomic mass is 9.72. The molecule has 1 saturated carbocycles. The Morgan fingerprint density at radius 3 is 2.70 bits per heavy atom. The maximum absolute atomic E-state index is 13.6. The molecular weight excluding hydrogens is 526 g/mol. The number of benzene rings is 2. The van der Waals surface area contributed by atoms with Gasteiger partial charge in [-0.1, -0.05) is 54.9 Å². The number of hydrogen-bond acceptors (Lipinski definition) is 5. The minimum atomic E-state index is -1.25. The van der Waals surface area contributed by atoms with E-state index in [0.717, 1.165) is 61.8 Å². The van der Waals surface area contributed by atoms with Gasteiger partial charge < -0.3 is 25.4 Å². The molecule has 1 saturated heterocycles. The molecule has 218 valence electrons. The molecule has 0 spiro atoms. The Hall–Kier alpha value is -2.61. The SMILES string of the molecule is CCc1cccc(-c2c(Cl)cccc2C(O)(CCCNC(=O)OC)[C@@H]2CCCN(C(=O)[C@@H]3CC[C@H](NC)C3)C2)c1. The fourth-order valence-corrected chi connectivity index (χ4v) is 6.88. The fraction of sp³-hybridized carbons (Fsp3) is 0.562. The Balaban J connectivity index is 1.67. The number of hydrogen-bond donors (Lipinski definition) is 3. The average molecular weight is 570 g/mol. The highest BCUT2D eigenvalue weighted by atomic mass is 35.5. The zero-order valence-electron chi connectivity index (χ0n) is 24.0. The number of carbonyl (C=O) groups is 2. The van der Waals surface area contributed by atoms with Crippen LogP contribution in [0.25, 0.3) is 11.1 Å². The van der Waals surface area contributed by atoms with Crippen LogP contribution in [0.3, 0.4) is 0 Å². The van der Waals surface area contributed by atoms with Gasteiger partial charge in [-0.05, 0) is 81.2 Å². The number of aliphatic hydroxyl groups is 1. The van der Waals surface area contributed by atoms with Crippen molar-refractivity contribution in [1.29, 1.82) is 0 Å². The number of halogens is 1. The van der Waals surface area contributed by atoms with Crippen LogP contribution in [0.1, 0.15) is 63.0 Å². The van der Waals surface area contributed by atoms with E-state index in [1.54, 1.807) is 0 Å². The summed E-state index contributed by atoms with van der Waals surface area (Å²) in [6.45, 7) is 3.71. The Morgan fingerprint density at radius 2 is 1.98 bits per heavy atom. The van der Waals surface area contributed by atoms with Crippen LogP contribution in [-0.2, 0) is 21.6 Å². The molecule has 4 rings (SSSR count). The molecule has 0 aromatic heterocycles. The molecule has 2 aliphatic rings. The molecule has 1 unspecified atom stereocenters. The van der Waals surface area contributed by atoms with Crippen LogP contribution in [-0.4, -0.2) is 61.8 Å². The quantitative estimate of drug-likeness (QED) is 0.328. The first-order valence-electron chi connectivity index (χ1n) is 14.7. The van der Waals surface area contributed by atoms with Gasteiger partial charge in [0.05, 0.1) is 12.7 Å². The smallest absolute Gasteiger partial charge is 0.406 e. The monoisotopic (exact) mass is 569 g/mol. The van der Waals surface area contributed by atoms with E-state index in [0.29, 0.717) is 37.0 Å². The molecule has 3 N–H and O–H groups in total. The van der Waals surface area contributed by atoms with E-state index in [4.69, 9.17) is 16.3 Å². The maximum atomic E-state index is 13.6. The van der Waals surface area contributed by atoms with E-state index in [1.807, 2.05) is 42.3 Å². The second kappa shape index (κ2) is 13.8. The molecule has 0 radical (unpaired) electrons. The molecule has 1 heterocycles. The summed E-state index contributed by atoms with van der Waals surface area (Å²) in [7, 11) is 3.30. The van der Waals surface area contributed by atoms with Gasteiger partial charge in [0.1, 0.15) is 0 Å². The van der Waals surface area contributed by atoms with Crippen LogP contribution >= 0.6 is 11.6 Å². The van der Waals surface area contributed by atoms with E-state index in [1.165, 1.54) is 12.7 Å². The molecule has 2 amide bonds. The average Bonchev–Trinajstić information content (AvgIpc) is 3.48. The number of amides is 2. The molecule has 2 fully saturated rings. The maximum Gasteiger partial charge on any atom is 0.406 e. The van der Waals surface area contributed by atoms with Gasteiger partial charge in [0.25, 0.3) is 0 Å². The molecule has 8 heteroatoms. The van der Waals surface area contributed by atoms with Gasteiger partial charge in [-0.25, -0.2) is 4.79 Å². The molecule has 2 aromatic rings. The van der Waals surface area contributed by atoms with Crippen molar-refractivity contribution in [3.05, 3.63) is 58.6 Å². The zero-order chi connectivity index (χ0) is 28.7. The molecule has 1 aliphatic carbocycles. The third-order valence-corrected chi connectivity index (χ3v) is 9.21. The second-order valence-electron chi connectivity index (χ2n) is 11.3. The van der Waals surface area contributed by atoms with Crippen LogP contribution in [0.5, 0.6) is 0 Å². The standard InChI is InChI=1S/C32H44ClN3O4/c1-4-22-9-5-10-23(19-22)29-27(12-6-13-28(29)33)32(39,16-8-17-35-31(38)40-3)25-11-7-18-36(21-25)30(37)24-14-15-26(20-24)34-2/h5-6,9-10,12-13,19,24-26,34,39H,4,7-8,11,14-18,20-21H2,1-3H3,(H,35,38)/t24-,25-,26+,32?/m1/s1. The number of rotatable bonds is 10. The van der Waals surface area contributed by atoms with Gasteiger partial charge in [0.15, 0.2) is 0 Å². The van der Waals surface area contributed by atoms with Crippen LogP contribution in [0, 0.1) is 11.8 Å². The van der Waals surface area contributed by atoms with E-state index < -0.39 is 11.7 Å². The van der Waals surface area contributed by atoms with Crippen LogP contribution < -0.4 is 10.6 Å². The molecule has 4 atom stereocenters. The largest absolute Gasteiger partial charge is 0.453 e. The van der Waals surface area contributed by atoms with E-state index in [9.17, 15) is 14.7 Å². The van der Waals surface area contributed by atoms with Gasteiger partial charge in [-0.3, -0.25) is 4.79 Å². The molecule has 40 heavy (non-hydrogen) atoms. The fourth-order valence-electron chi connectivity index (χ4n) is 6.60. The van der Waals surface area contributed by atoms with Crippen molar-refractivity contribution < 1.29 is 19.4 Å². The number of methoxy groups -OCH3 is 1. The predicted octanol–water partition coefficient (Wildman–Crippen LogP) is 5.52. The molecular formula is C32H44ClN3O4. The second-order valence-corrected chi connectivity index (χ2v) is 11.7. The summed E-state index contributed by atoms with van der Waals surface area (Å²) < 4.78 is 4.72. The number of likely N-dealkylation sites (tertiary alicyclic amines) is 1. The Bertz CT molecular complexity index is 1170. The van der Waals surface area contributed by atoms with Gasteiger partial charge >= 0.3 is 6.09 Å². The summed E-state index contributed by atoms with van der Waals surface area (Å²) >= 11 is 6.86. The zero-order valence-corrected chi connectivity index (χ0v) is 24.8. The van der Waals surface area contributed by atoms with E-state index in [-0.39, 0.29) is 17.7 Å². The van der Waals surface area contributed by atoms with Crippen molar-refractivity contribution in [2.45, 2.75) is 69.9 Å². The number of ether oxygens (including phenoxy) is 1. The van der Waals surface area contributed by atoms with Gasteiger partial charge in [0, 0.05) is 48.1 Å². The lowest BCUT2D eigenvalue weighted by Crippen LogP contribution is -2.49. The number of nitrogens with zero attached hydrogens (tertiary/aromatic N) is 1. The Morgan fingerprint density at radius 1 is 1.18 bits per heavy atom. The van der Waals surface area contributed by atoms with Crippen LogP contribution in [0.15, 0.2) is 42.5 Å². The summed E-state index contributed by atoms with van der Waals surface area (Å²) in [5.74, 6) is 0.0718. The van der Waals surface area contributed by atoms with Crippen molar-refractivity contribution in [2.24, 2.45) is 11.8 Å². The van der Waals surface area contributed by atoms with Crippen molar-refractivity contribution >= 4 is 23.6 Å². The Labute approximate surface area is 243 Å². The number of carbonyl (C=O) groups excluding carboxylic acids is 2. The lowest BCUT2D eigenvalue weighted by Gasteiger charge is -2.44. The van der Waals surface area contributed by atoms with Gasteiger partial charge in [0.2, 0.25) is 5.91 Å². The summed E-state index contributed by atoms with van der Waals surface area (Å²) in [6, 6.07) is 14.4. The van der Waals surface area contributed by atoms with Gasteiger partial charge in [-0.2, -0.15) is 0 Å². The highest BCUT2D eigenvalue weighted by molar-refractivity contribution is 6.33. The minimum Gasteiger partial charge on any atom is -0.453 e. The third kappa shape index (κ3) is 6.81. The third-order valence-electron chi connectivity index (χ3n) is 8.89. The van der Waals surface area contributed by atoms with Crippen molar-refractivity contribution in [1.82, 2.24) is 15.5 Å². The topological polar surface area (TPSA) is 90.9 Å². The number of alkyl carbamates (subject to hydrolysis) is 1. The van der Waals surface area contributed by atoms with Gasteiger partial charge in [-0.15, -0.1) is 0 Å². The first kappa shape index (κ1) is 30.4. The molecule has 7 nitrogen and oxygen atoms in total. The lowest BCUT2D eigenvalue weighted by molar-refractivity contribution is -0.140. The van der Waals surface area contributed by atoms with Crippen molar-refractivity contribution in [3.63, 3.8) is 0 Å². The summed E-state index contributed by atoms with van der Waals surface area (Å²) in [4.78, 5) is 27.2. The van der Waals surface area contributed by atoms with Crippen molar-refractivity contribution in [2.75, 3.05) is 33.8 Å². The van der Waals surface area contributed by atoms with Crippen molar-refractivity contribution in [3.8, 4) is 11.1 Å². The normalized spacial score (nSPS) is 22.5. The molecule has 2 aromatic carbocycles.